The normalized spacial score (nSPS) is 23.2. The molecule has 1 atom stereocenters. The Kier molecular flexibility index (Phi) is 4.55. The van der Waals surface area contributed by atoms with Crippen molar-refractivity contribution in [1.29, 1.82) is 0 Å². The maximum Gasteiger partial charge on any atom is 0.250 e. The summed E-state index contributed by atoms with van der Waals surface area (Å²) in [5.41, 5.74) is -0.295. The Morgan fingerprint density at radius 3 is 2.52 bits per heavy atom. The number of hydrogen-bond donors (Lipinski definition) is 1. The average molecular weight is 332 g/mol. The number of rotatable bonds is 3. The Morgan fingerprint density at radius 2 is 2.00 bits per heavy atom. The van der Waals surface area contributed by atoms with E-state index in [0.717, 1.165) is 11.3 Å². The van der Waals surface area contributed by atoms with Crippen LogP contribution in [0, 0.1) is 0 Å². The molecule has 1 unspecified atom stereocenters. The van der Waals surface area contributed by atoms with E-state index in [-0.39, 0.29) is 17.1 Å². The molecule has 1 aliphatic heterocycles. The van der Waals surface area contributed by atoms with E-state index in [9.17, 15) is 8.42 Å². The van der Waals surface area contributed by atoms with Crippen LogP contribution in [-0.2, 0) is 20.2 Å². The molecule has 1 aromatic heterocycles. The van der Waals surface area contributed by atoms with Crippen LogP contribution in [0.3, 0.4) is 0 Å². The van der Waals surface area contributed by atoms with Gasteiger partial charge in [0.2, 0.25) is 10.0 Å². The lowest BCUT2D eigenvalue weighted by molar-refractivity contribution is -0.0599. The zero-order valence-corrected chi connectivity index (χ0v) is 15.0. The zero-order chi connectivity index (χ0) is 15.9. The summed E-state index contributed by atoms with van der Waals surface area (Å²) in [5, 5.41) is 0. The summed E-state index contributed by atoms with van der Waals surface area (Å²) in [6.07, 6.45) is 1.42. The Morgan fingerprint density at radius 1 is 1.33 bits per heavy atom. The summed E-state index contributed by atoms with van der Waals surface area (Å²) >= 11 is 1.35. The third kappa shape index (κ3) is 4.28. The molecule has 1 N–H and O–H groups in total. The first-order chi connectivity index (χ1) is 9.50. The lowest BCUT2D eigenvalue weighted by Gasteiger charge is -2.35. The highest BCUT2D eigenvalue weighted by atomic mass is 32.2. The van der Waals surface area contributed by atoms with Gasteiger partial charge in [-0.05, 0) is 44.2 Å². The first-order valence-electron chi connectivity index (χ1n) is 7.26. The number of sulfonamides is 1. The maximum absolute atomic E-state index is 12.5. The second kappa shape index (κ2) is 5.65. The van der Waals surface area contributed by atoms with Crippen molar-refractivity contribution in [3.05, 3.63) is 17.0 Å². The number of thiophene rings is 1. The monoisotopic (exact) mass is 331 g/mol. The molecule has 120 valence electrons. The minimum absolute atomic E-state index is 0.0287. The van der Waals surface area contributed by atoms with E-state index >= 15 is 0 Å². The Balaban J connectivity index is 2.13. The first-order valence-corrected chi connectivity index (χ1v) is 9.56. The molecule has 21 heavy (non-hydrogen) atoms. The highest BCUT2D eigenvalue weighted by molar-refractivity contribution is 7.91. The van der Waals surface area contributed by atoms with Gasteiger partial charge in [0.15, 0.2) is 0 Å². The fourth-order valence-electron chi connectivity index (χ4n) is 2.48. The summed E-state index contributed by atoms with van der Waals surface area (Å²) < 4.78 is 33.9. The molecule has 0 spiro atoms. The molecule has 2 rings (SSSR count). The van der Waals surface area contributed by atoms with E-state index in [2.05, 4.69) is 25.5 Å². The summed E-state index contributed by atoms with van der Waals surface area (Å²) in [6, 6.07) is 3.56. The topological polar surface area (TPSA) is 55.4 Å². The fraction of sp³-hybridized carbons (Fsp3) is 0.733. The van der Waals surface area contributed by atoms with Gasteiger partial charge in [-0.2, -0.15) is 0 Å². The van der Waals surface area contributed by atoms with Crippen molar-refractivity contribution in [2.24, 2.45) is 0 Å². The number of hydrogen-bond acceptors (Lipinski definition) is 4. The third-order valence-electron chi connectivity index (χ3n) is 3.60. The van der Waals surface area contributed by atoms with Crippen LogP contribution in [0.15, 0.2) is 16.3 Å². The van der Waals surface area contributed by atoms with Crippen LogP contribution in [0.5, 0.6) is 0 Å². The smallest absolute Gasteiger partial charge is 0.250 e. The molecule has 0 aliphatic carbocycles. The third-order valence-corrected chi connectivity index (χ3v) is 7.13. The summed E-state index contributed by atoms with van der Waals surface area (Å²) in [4.78, 5) is 1.08. The zero-order valence-electron chi connectivity index (χ0n) is 13.4. The molecule has 0 radical (unpaired) electrons. The van der Waals surface area contributed by atoms with Gasteiger partial charge in [0.25, 0.3) is 0 Å². The van der Waals surface area contributed by atoms with E-state index in [4.69, 9.17) is 4.74 Å². The average Bonchev–Trinajstić information content (AvgIpc) is 2.75. The molecule has 0 amide bonds. The molecule has 0 bridgehead atoms. The predicted molar refractivity (Wildman–Crippen MR) is 86.4 cm³/mol. The molecule has 0 saturated carbocycles. The van der Waals surface area contributed by atoms with Gasteiger partial charge < -0.3 is 4.74 Å². The number of nitrogens with one attached hydrogen (secondary N) is 1. The van der Waals surface area contributed by atoms with Crippen molar-refractivity contribution in [3.63, 3.8) is 0 Å². The predicted octanol–water partition coefficient (Wildman–Crippen LogP) is 3.28. The number of ether oxygens (including phenoxy) is 1. The van der Waals surface area contributed by atoms with Crippen LogP contribution in [0.1, 0.15) is 52.3 Å². The van der Waals surface area contributed by atoms with Crippen molar-refractivity contribution in [1.82, 2.24) is 4.72 Å². The van der Waals surface area contributed by atoms with Gasteiger partial charge in [0.1, 0.15) is 4.21 Å². The molecule has 2 heterocycles. The van der Waals surface area contributed by atoms with Crippen LogP contribution < -0.4 is 4.72 Å². The summed E-state index contributed by atoms with van der Waals surface area (Å²) in [6.45, 7) is 10.8. The van der Waals surface area contributed by atoms with Crippen molar-refractivity contribution in [2.45, 2.75) is 68.7 Å². The Hall–Kier alpha value is -0.430. The van der Waals surface area contributed by atoms with E-state index in [1.165, 1.54) is 11.3 Å². The van der Waals surface area contributed by atoms with Crippen molar-refractivity contribution in [2.75, 3.05) is 6.61 Å². The van der Waals surface area contributed by atoms with Crippen molar-refractivity contribution < 1.29 is 13.2 Å². The Labute approximate surface area is 132 Å². The maximum atomic E-state index is 12.5. The molecular weight excluding hydrogens is 306 g/mol. The highest BCUT2D eigenvalue weighted by Gasteiger charge is 2.32. The summed E-state index contributed by atoms with van der Waals surface area (Å²) in [7, 11) is -3.44. The van der Waals surface area contributed by atoms with E-state index < -0.39 is 10.0 Å². The minimum atomic E-state index is -3.44. The molecule has 1 aromatic rings. The lowest BCUT2D eigenvalue weighted by Crippen LogP contribution is -2.45. The van der Waals surface area contributed by atoms with Crippen molar-refractivity contribution in [3.8, 4) is 0 Å². The first kappa shape index (κ1) is 16.9. The quantitative estimate of drug-likeness (QED) is 0.925. The largest absolute Gasteiger partial charge is 0.375 e. The lowest BCUT2D eigenvalue weighted by atomic mass is 9.95. The second-order valence-electron chi connectivity index (χ2n) is 7.29. The van der Waals surface area contributed by atoms with Crippen LogP contribution in [0.25, 0.3) is 0 Å². The van der Waals surface area contributed by atoms with Gasteiger partial charge in [0.05, 0.1) is 5.60 Å². The van der Waals surface area contributed by atoms with Gasteiger partial charge in [-0.1, -0.05) is 20.8 Å². The molecular formula is C15H25NO3S2. The molecule has 1 saturated heterocycles. The van der Waals surface area contributed by atoms with Crippen molar-refractivity contribution >= 4 is 21.4 Å². The van der Waals surface area contributed by atoms with Crippen LogP contribution in [-0.4, -0.2) is 26.7 Å². The van der Waals surface area contributed by atoms with E-state index in [1.54, 1.807) is 6.07 Å². The molecule has 0 aromatic carbocycles. The molecule has 6 heteroatoms. The summed E-state index contributed by atoms with van der Waals surface area (Å²) in [5.74, 6) is 0. The highest BCUT2D eigenvalue weighted by Crippen LogP contribution is 2.32. The van der Waals surface area contributed by atoms with Crippen LogP contribution in [0.2, 0.25) is 0 Å². The van der Waals surface area contributed by atoms with E-state index in [1.807, 2.05) is 19.9 Å². The van der Waals surface area contributed by atoms with Gasteiger partial charge in [-0.25, -0.2) is 13.1 Å². The fourth-order valence-corrected chi connectivity index (χ4v) is 5.13. The second-order valence-corrected chi connectivity index (χ2v) is 10.3. The minimum Gasteiger partial charge on any atom is -0.375 e. The standard InChI is InChI=1S/C15H25NO3S2/c1-14(2,3)12-6-7-13(20-12)21(17,18)16-11-8-9-19-15(4,5)10-11/h6-7,11,16H,8-10H2,1-5H3. The molecule has 4 nitrogen and oxygen atoms in total. The van der Waals surface area contributed by atoms with Gasteiger partial charge in [0, 0.05) is 17.5 Å². The van der Waals surface area contributed by atoms with Gasteiger partial charge in [-0.3, -0.25) is 0 Å². The van der Waals surface area contributed by atoms with Gasteiger partial charge >= 0.3 is 0 Å². The van der Waals surface area contributed by atoms with Crippen LogP contribution in [0.4, 0.5) is 0 Å². The van der Waals surface area contributed by atoms with E-state index in [0.29, 0.717) is 17.2 Å². The molecule has 1 fully saturated rings. The van der Waals surface area contributed by atoms with Crippen LogP contribution >= 0.6 is 11.3 Å². The molecule has 1 aliphatic rings. The SMILES string of the molecule is CC1(C)CC(NS(=O)(=O)c2ccc(C(C)(C)C)s2)CCO1. The Bertz CT molecular complexity index is 597. The van der Waals surface area contributed by atoms with Gasteiger partial charge in [-0.15, -0.1) is 11.3 Å².